The van der Waals surface area contributed by atoms with Crippen molar-refractivity contribution in [2.24, 2.45) is 0 Å². The highest BCUT2D eigenvalue weighted by atomic mass is 35.5. The topological polar surface area (TPSA) is 17.8 Å². The van der Waals surface area contributed by atoms with E-state index in [2.05, 4.69) is 5.10 Å². The van der Waals surface area contributed by atoms with Crippen molar-refractivity contribution in [3.05, 3.63) is 44.7 Å². The number of alkyl halides is 3. The maximum atomic E-state index is 12.7. The van der Waals surface area contributed by atoms with Crippen LogP contribution in [-0.4, -0.2) is 9.78 Å². The van der Waals surface area contributed by atoms with E-state index < -0.39 is 11.7 Å². The first-order chi connectivity index (χ1) is 9.91. The molecule has 8 heteroatoms. The van der Waals surface area contributed by atoms with Crippen molar-refractivity contribution in [1.29, 1.82) is 0 Å². The van der Waals surface area contributed by atoms with Gasteiger partial charge in [0.25, 0.3) is 0 Å². The highest BCUT2D eigenvalue weighted by Gasteiger charge is 2.32. The Morgan fingerprint density at radius 3 is 1.82 bits per heavy atom. The van der Waals surface area contributed by atoms with Crippen LogP contribution in [0.2, 0.25) is 15.1 Å². The van der Waals surface area contributed by atoms with Crippen LogP contribution in [-0.2, 0) is 11.6 Å². The lowest BCUT2D eigenvalue weighted by molar-refractivity contribution is -0.137. The zero-order valence-corrected chi connectivity index (χ0v) is 14.2. The number of aromatic nitrogens is 2. The van der Waals surface area contributed by atoms with Gasteiger partial charge in [0.05, 0.1) is 26.3 Å². The molecule has 0 saturated heterocycles. The Labute approximate surface area is 140 Å². The minimum Gasteiger partial charge on any atom is -0.236 e. The lowest BCUT2D eigenvalue weighted by Crippen LogP contribution is -2.13. The summed E-state index contributed by atoms with van der Waals surface area (Å²) in [6.45, 7) is 5.75. The summed E-state index contributed by atoms with van der Waals surface area (Å²) in [6, 6.07) is 1.63. The summed E-state index contributed by atoms with van der Waals surface area (Å²) < 4.78 is 39.5. The molecule has 2 rings (SSSR count). The maximum absolute atomic E-state index is 12.7. The minimum atomic E-state index is -4.52. The molecule has 2 nitrogen and oxygen atoms in total. The molecular formula is C14H12Cl3F3N2. The third kappa shape index (κ3) is 3.36. The summed E-state index contributed by atoms with van der Waals surface area (Å²) in [4.78, 5) is 0. The summed E-state index contributed by atoms with van der Waals surface area (Å²) in [5, 5.41) is 4.38. The minimum absolute atomic E-state index is 0.153. The van der Waals surface area contributed by atoms with Crippen molar-refractivity contribution < 1.29 is 13.2 Å². The van der Waals surface area contributed by atoms with Gasteiger partial charge in [0.15, 0.2) is 0 Å². The summed E-state index contributed by atoms with van der Waals surface area (Å²) in [6.07, 6.45) is -3.05. The Balaban J connectivity index is 2.60. The summed E-state index contributed by atoms with van der Waals surface area (Å²) in [7, 11) is 0. The van der Waals surface area contributed by atoms with E-state index >= 15 is 0 Å². The first kappa shape index (κ1) is 17.4. The van der Waals surface area contributed by atoms with Crippen LogP contribution in [0, 0.1) is 0 Å². The number of benzene rings is 1. The molecule has 0 amide bonds. The fourth-order valence-corrected chi connectivity index (χ4v) is 3.00. The Bertz CT molecular complexity index is 692. The number of hydrogen-bond donors (Lipinski definition) is 0. The highest BCUT2D eigenvalue weighted by molar-refractivity contribution is 6.38. The van der Waals surface area contributed by atoms with Gasteiger partial charge in [-0.1, -0.05) is 55.6 Å². The Morgan fingerprint density at radius 2 is 1.45 bits per heavy atom. The van der Waals surface area contributed by atoms with Crippen molar-refractivity contribution in [3.8, 4) is 5.69 Å². The van der Waals surface area contributed by atoms with Crippen LogP contribution < -0.4 is 0 Å². The standard InChI is InChI=1S/C14H12Cl3F3N2/c1-13(2,3)12-10(17)6-22(21-12)11-8(15)4-7(5-9(11)16)14(18,19)20/h4-6H,1-3H3. The molecule has 0 bridgehead atoms. The third-order valence-electron chi connectivity index (χ3n) is 2.95. The van der Waals surface area contributed by atoms with Crippen LogP contribution in [0.15, 0.2) is 18.3 Å². The first-order valence-electron chi connectivity index (χ1n) is 6.23. The van der Waals surface area contributed by atoms with Gasteiger partial charge in [-0.3, -0.25) is 0 Å². The van der Waals surface area contributed by atoms with Gasteiger partial charge in [-0.05, 0) is 12.1 Å². The molecule has 0 radical (unpaired) electrons. The summed E-state index contributed by atoms with van der Waals surface area (Å²) in [5.41, 5.74) is -0.483. The van der Waals surface area contributed by atoms with E-state index in [4.69, 9.17) is 34.8 Å². The fourth-order valence-electron chi connectivity index (χ4n) is 1.92. The number of hydrogen-bond acceptors (Lipinski definition) is 1. The normalized spacial score (nSPS) is 12.8. The van der Waals surface area contributed by atoms with Gasteiger partial charge < -0.3 is 0 Å². The molecule has 0 atom stereocenters. The summed E-state index contributed by atoms with van der Waals surface area (Å²) >= 11 is 18.1. The van der Waals surface area contributed by atoms with Crippen LogP contribution >= 0.6 is 34.8 Å². The van der Waals surface area contributed by atoms with Crippen LogP contribution in [0.1, 0.15) is 32.0 Å². The van der Waals surface area contributed by atoms with E-state index in [9.17, 15) is 13.2 Å². The molecule has 0 fully saturated rings. The van der Waals surface area contributed by atoms with E-state index in [1.165, 1.54) is 10.9 Å². The van der Waals surface area contributed by atoms with Crippen LogP contribution in [0.4, 0.5) is 13.2 Å². The van der Waals surface area contributed by atoms with Crippen molar-refractivity contribution in [1.82, 2.24) is 9.78 Å². The zero-order valence-electron chi connectivity index (χ0n) is 11.9. The SMILES string of the molecule is CC(C)(C)c1nn(-c2c(Cl)cc(C(F)(F)F)cc2Cl)cc1Cl. The van der Waals surface area contributed by atoms with Gasteiger partial charge >= 0.3 is 6.18 Å². The molecule has 0 aliphatic heterocycles. The van der Waals surface area contributed by atoms with E-state index in [0.29, 0.717) is 10.7 Å². The third-order valence-corrected chi connectivity index (χ3v) is 3.81. The molecule has 0 unspecified atom stereocenters. The zero-order chi connectivity index (χ0) is 16.9. The second-order valence-corrected chi connectivity index (χ2v) is 7.03. The van der Waals surface area contributed by atoms with Gasteiger partial charge in [-0.2, -0.15) is 18.3 Å². The molecule has 0 N–H and O–H groups in total. The second kappa shape index (κ2) is 5.62. The van der Waals surface area contributed by atoms with E-state index in [1.54, 1.807) is 0 Å². The Kier molecular flexibility index (Phi) is 4.46. The molecule has 2 aromatic rings. The van der Waals surface area contributed by atoms with Crippen molar-refractivity contribution >= 4 is 34.8 Å². The molecule has 120 valence electrons. The van der Waals surface area contributed by atoms with Gasteiger partial charge in [-0.25, -0.2) is 4.68 Å². The van der Waals surface area contributed by atoms with Gasteiger partial charge in [0.1, 0.15) is 5.69 Å². The molecule has 0 aliphatic rings. The maximum Gasteiger partial charge on any atom is 0.416 e. The monoisotopic (exact) mass is 370 g/mol. The smallest absolute Gasteiger partial charge is 0.236 e. The second-order valence-electron chi connectivity index (χ2n) is 5.81. The van der Waals surface area contributed by atoms with E-state index in [0.717, 1.165) is 12.1 Å². The Hall–Kier alpha value is -0.910. The number of halogens is 6. The number of rotatable bonds is 1. The van der Waals surface area contributed by atoms with Gasteiger partial charge in [-0.15, -0.1) is 0 Å². The summed E-state index contributed by atoms with van der Waals surface area (Å²) in [5.74, 6) is 0. The van der Waals surface area contributed by atoms with Gasteiger partial charge in [0.2, 0.25) is 0 Å². The van der Waals surface area contributed by atoms with E-state index in [-0.39, 0.29) is 21.1 Å². The average molecular weight is 372 g/mol. The Morgan fingerprint density at radius 1 is 0.955 bits per heavy atom. The molecular weight excluding hydrogens is 360 g/mol. The molecule has 1 aromatic heterocycles. The van der Waals surface area contributed by atoms with Gasteiger partial charge in [0, 0.05) is 11.6 Å². The van der Waals surface area contributed by atoms with Crippen molar-refractivity contribution in [2.45, 2.75) is 32.4 Å². The van der Waals surface area contributed by atoms with Crippen molar-refractivity contribution in [2.75, 3.05) is 0 Å². The quantitative estimate of drug-likeness (QED) is 0.588. The van der Waals surface area contributed by atoms with Crippen molar-refractivity contribution in [3.63, 3.8) is 0 Å². The fraction of sp³-hybridized carbons (Fsp3) is 0.357. The molecule has 1 heterocycles. The highest BCUT2D eigenvalue weighted by Crippen LogP contribution is 2.38. The predicted octanol–water partition coefficient (Wildman–Crippen LogP) is 6.15. The average Bonchev–Trinajstić information content (AvgIpc) is 2.68. The molecule has 1 aromatic carbocycles. The lowest BCUT2D eigenvalue weighted by atomic mass is 9.93. The van der Waals surface area contributed by atoms with Crippen LogP contribution in [0.25, 0.3) is 5.69 Å². The molecule has 22 heavy (non-hydrogen) atoms. The molecule has 0 spiro atoms. The molecule has 0 saturated carbocycles. The number of nitrogens with zero attached hydrogens (tertiary/aromatic N) is 2. The largest absolute Gasteiger partial charge is 0.416 e. The first-order valence-corrected chi connectivity index (χ1v) is 7.37. The van der Waals surface area contributed by atoms with E-state index in [1.807, 2.05) is 20.8 Å². The lowest BCUT2D eigenvalue weighted by Gasteiger charge is -2.16. The van der Waals surface area contributed by atoms with Crippen LogP contribution in [0.5, 0.6) is 0 Å². The van der Waals surface area contributed by atoms with Crippen LogP contribution in [0.3, 0.4) is 0 Å². The predicted molar refractivity (Wildman–Crippen MR) is 82.3 cm³/mol. The molecule has 0 aliphatic carbocycles.